The first-order valence-electron chi connectivity index (χ1n) is 8.55. The summed E-state index contributed by atoms with van der Waals surface area (Å²) < 4.78 is 39.2. The number of halogens is 2. The Labute approximate surface area is 148 Å². The van der Waals surface area contributed by atoms with E-state index in [0.29, 0.717) is 30.1 Å². The highest BCUT2D eigenvalue weighted by Gasteiger charge is 2.58. The Balaban J connectivity index is 1.59. The zero-order valence-electron chi connectivity index (χ0n) is 13.9. The van der Waals surface area contributed by atoms with Crippen LogP contribution in [0, 0.1) is 23.7 Å². The van der Waals surface area contributed by atoms with Crippen LogP contribution >= 0.6 is 12.0 Å². The standard InChI is InChI=1S/C16H22F2O6S/c1-2-15(11-4-9-3-10(6-11)7-12(15)5-9)23-13(19)8-22-14(20)16(17,18)25-24-21/h9-12,21H,2-8H2,1H3/p-1. The van der Waals surface area contributed by atoms with Gasteiger partial charge in [0, 0.05) is 0 Å². The molecule has 4 rings (SSSR count). The molecule has 0 N–H and O–H groups in total. The first kappa shape index (κ1) is 18.8. The second-order valence-electron chi connectivity index (χ2n) is 7.33. The summed E-state index contributed by atoms with van der Waals surface area (Å²) >= 11 is -0.864. The van der Waals surface area contributed by atoms with Gasteiger partial charge in [-0.2, -0.15) is 8.78 Å². The maximum absolute atomic E-state index is 13.1. The van der Waals surface area contributed by atoms with Crippen molar-refractivity contribution in [2.24, 2.45) is 23.7 Å². The first-order valence-corrected chi connectivity index (χ1v) is 9.29. The predicted octanol–water partition coefficient (Wildman–Crippen LogP) is 2.21. The highest BCUT2D eigenvalue weighted by molar-refractivity contribution is 7.96. The van der Waals surface area contributed by atoms with Crippen LogP contribution in [0.1, 0.15) is 45.4 Å². The zero-order chi connectivity index (χ0) is 18.2. The SMILES string of the molecule is CCC1(OC(=O)COC(=O)C(F)(F)SO[O-])C2CC3CC(C2)CC1C3. The van der Waals surface area contributed by atoms with Crippen LogP contribution in [0.15, 0.2) is 0 Å². The van der Waals surface area contributed by atoms with Crippen molar-refractivity contribution in [3.8, 4) is 0 Å². The van der Waals surface area contributed by atoms with Gasteiger partial charge in [-0.15, -0.1) is 0 Å². The van der Waals surface area contributed by atoms with E-state index in [9.17, 15) is 23.6 Å². The molecule has 0 heterocycles. The summed E-state index contributed by atoms with van der Waals surface area (Å²) in [5.41, 5.74) is -0.577. The Morgan fingerprint density at radius 1 is 1.16 bits per heavy atom. The summed E-state index contributed by atoms with van der Waals surface area (Å²) in [7, 11) is 0. The van der Waals surface area contributed by atoms with Gasteiger partial charge in [0.25, 0.3) is 0 Å². The van der Waals surface area contributed by atoms with Crippen molar-refractivity contribution in [1.82, 2.24) is 0 Å². The molecule has 0 saturated heterocycles. The van der Waals surface area contributed by atoms with Crippen molar-refractivity contribution in [3.05, 3.63) is 0 Å². The fraction of sp³-hybridized carbons (Fsp3) is 0.875. The number of ether oxygens (including phenoxy) is 2. The number of rotatable bonds is 7. The van der Waals surface area contributed by atoms with E-state index < -0.39 is 41.4 Å². The van der Waals surface area contributed by atoms with Crippen LogP contribution in [0.3, 0.4) is 0 Å². The smallest absolute Gasteiger partial charge is 0.412 e. The lowest BCUT2D eigenvalue weighted by Gasteiger charge is -2.60. The molecule has 0 radical (unpaired) electrons. The minimum Gasteiger partial charge on any atom is -0.710 e. The Morgan fingerprint density at radius 3 is 2.20 bits per heavy atom. The molecule has 0 aromatic carbocycles. The van der Waals surface area contributed by atoms with Gasteiger partial charge in [-0.1, -0.05) is 6.92 Å². The van der Waals surface area contributed by atoms with Gasteiger partial charge in [-0.3, -0.25) is 0 Å². The average molecular weight is 379 g/mol. The summed E-state index contributed by atoms with van der Waals surface area (Å²) in [6.07, 6.45) is 6.05. The fourth-order valence-electron chi connectivity index (χ4n) is 5.32. The number of carbonyl (C=O) groups is 2. The highest BCUT2D eigenvalue weighted by atomic mass is 32.2. The molecule has 0 atom stereocenters. The van der Waals surface area contributed by atoms with E-state index in [4.69, 9.17) is 4.74 Å². The third-order valence-corrected chi connectivity index (χ3v) is 6.52. The van der Waals surface area contributed by atoms with Crippen molar-refractivity contribution in [2.45, 2.75) is 56.3 Å². The molecule has 0 unspecified atom stereocenters. The molecule has 4 bridgehead atoms. The number of hydrogen-bond donors (Lipinski definition) is 0. The molecule has 4 aliphatic carbocycles. The molecule has 142 valence electrons. The monoisotopic (exact) mass is 379 g/mol. The van der Waals surface area contributed by atoms with E-state index in [2.05, 4.69) is 9.07 Å². The van der Waals surface area contributed by atoms with Gasteiger partial charge in [0.15, 0.2) is 6.61 Å². The Bertz CT molecular complexity index is 513. The minimum absolute atomic E-state index is 0.291. The lowest BCUT2D eigenvalue weighted by Crippen LogP contribution is -2.59. The van der Waals surface area contributed by atoms with Gasteiger partial charge in [-0.25, -0.2) is 9.59 Å². The summed E-state index contributed by atoms with van der Waals surface area (Å²) in [5.74, 6) is -0.853. The van der Waals surface area contributed by atoms with Gasteiger partial charge in [-0.05, 0) is 62.2 Å². The second kappa shape index (κ2) is 7.00. The molecule has 0 aromatic rings. The summed E-state index contributed by atoms with van der Waals surface area (Å²) in [6, 6.07) is 0. The molecule has 0 amide bonds. The van der Waals surface area contributed by atoms with E-state index >= 15 is 0 Å². The maximum atomic E-state index is 13.1. The summed E-state index contributed by atoms with van der Waals surface area (Å²) in [5, 5.41) is 5.60. The number of carbonyl (C=O) groups excluding carboxylic acids is 2. The molecular formula is C16H21F2O6S-. The normalized spacial score (nSPS) is 36.3. The minimum atomic E-state index is -4.16. The number of alkyl halides is 2. The second-order valence-corrected chi connectivity index (χ2v) is 8.15. The summed E-state index contributed by atoms with van der Waals surface area (Å²) in [6.45, 7) is 1.07. The van der Waals surface area contributed by atoms with Crippen LogP contribution in [-0.2, 0) is 23.4 Å². The van der Waals surface area contributed by atoms with Gasteiger partial charge in [0.1, 0.15) is 5.60 Å². The van der Waals surface area contributed by atoms with Gasteiger partial charge in [0.05, 0.1) is 12.0 Å². The van der Waals surface area contributed by atoms with Gasteiger partial charge >= 0.3 is 17.2 Å². The predicted molar refractivity (Wildman–Crippen MR) is 80.7 cm³/mol. The third kappa shape index (κ3) is 3.50. The molecule has 0 aliphatic heterocycles. The van der Waals surface area contributed by atoms with E-state index in [0.717, 1.165) is 25.7 Å². The van der Waals surface area contributed by atoms with Crippen LogP contribution in [-0.4, -0.2) is 29.4 Å². The van der Waals surface area contributed by atoms with Crippen molar-refractivity contribution < 1.29 is 37.4 Å². The van der Waals surface area contributed by atoms with Crippen LogP contribution in [0.4, 0.5) is 8.78 Å². The fourth-order valence-corrected chi connectivity index (χ4v) is 5.54. The lowest BCUT2D eigenvalue weighted by molar-refractivity contribution is -0.630. The number of hydrogen-bond acceptors (Lipinski definition) is 7. The van der Waals surface area contributed by atoms with E-state index in [-0.39, 0.29) is 0 Å². The van der Waals surface area contributed by atoms with E-state index in [1.807, 2.05) is 6.92 Å². The molecule has 4 aliphatic rings. The number of esters is 2. The van der Waals surface area contributed by atoms with Crippen molar-refractivity contribution in [3.63, 3.8) is 0 Å². The Kier molecular flexibility index (Phi) is 5.28. The molecular weight excluding hydrogens is 358 g/mol. The molecule has 4 saturated carbocycles. The van der Waals surface area contributed by atoms with Crippen LogP contribution in [0.5, 0.6) is 0 Å². The van der Waals surface area contributed by atoms with Crippen LogP contribution in [0.25, 0.3) is 0 Å². The third-order valence-electron chi connectivity index (χ3n) is 6.07. The average Bonchev–Trinajstić information content (AvgIpc) is 2.55. The van der Waals surface area contributed by atoms with Crippen LogP contribution in [0.2, 0.25) is 0 Å². The maximum Gasteiger partial charge on any atom is 0.412 e. The highest BCUT2D eigenvalue weighted by Crippen LogP contribution is 2.60. The van der Waals surface area contributed by atoms with Gasteiger partial charge in [0.2, 0.25) is 0 Å². The molecule has 4 fully saturated rings. The molecule has 6 nitrogen and oxygen atoms in total. The van der Waals surface area contributed by atoms with Crippen molar-refractivity contribution in [2.75, 3.05) is 6.61 Å². The Morgan fingerprint density at radius 2 is 1.72 bits per heavy atom. The quantitative estimate of drug-likeness (QED) is 0.290. The van der Waals surface area contributed by atoms with Crippen molar-refractivity contribution in [1.29, 1.82) is 0 Å². The van der Waals surface area contributed by atoms with E-state index in [1.54, 1.807) is 0 Å². The first-order chi connectivity index (χ1) is 11.8. The lowest BCUT2D eigenvalue weighted by atomic mass is 9.49. The van der Waals surface area contributed by atoms with Crippen molar-refractivity contribution >= 4 is 24.0 Å². The Hall–Kier alpha value is -0.930. The largest absolute Gasteiger partial charge is 0.710 e. The zero-order valence-corrected chi connectivity index (χ0v) is 14.7. The van der Waals surface area contributed by atoms with E-state index in [1.165, 1.54) is 6.42 Å². The molecule has 0 aromatic heterocycles. The molecule has 9 heteroatoms. The molecule has 0 spiro atoms. The molecule has 25 heavy (non-hydrogen) atoms. The van der Waals surface area contributed by atoms with Crippen LogP contribution < -0.4 is 5.26 Å². The topological polar surface area (TPSA) is 84.9 Å². The van der Waals surface area contributed by atoms with Gasteiger partial charge < -0.3 is 19.1 Å². The summed E-state index contributed by atoms with van der Waals surface area (Å²) in [4.78, 5) is 23.4.